The van der Waals surface area contributed by atoms with Crippen LogP contribution in [0.1, 0.15) is 11.6 Å². The van der Waals surface area contributed by atoms with Crippen molar-refractivity contribution in [2.75, 3.05) is 26.2 Å². The lowest BCUT2D eigenvalue weighted by Crippen LogP contribution is -2.46. The fraction of sp³-hybridized carbons (Fsp3) is 0.429. The highest BCUT2D eigenvalue weighted by atomic mass is 32.1. The van der Waals surface area contributed by atoms with Crippen molar-refractivity contribution in [1.29, 1.82) is 0 Å². The smallest absolute Gasteiger partial charge is 0.258 e. The largest absolute Gasteiger partial charge is 0.314 e. The summed E-state index contributed by atoms with van der Waals surface area (Å²) in [7, 11) is 0. The summed E-state index contributed by atoms with van der Waals surface area (Å²) in [5, 5.41) is 6.07. The van der Waals surface area contributed by atoms with Crippen LogP contribution in [0.2, 0.25) is 0 Å². The molecule has 2 heterocycles. The van der Waals surface area contributed by atoms with E-state index in [1.54, 1.807) is 11.3 Å². The van der Waals surface area contributed by atoms with E-state index in [0.29, 0.717) is 13.1 Å². The molecule has 0 aliphatic carbocycles. The minimum atomic E-state index is -2.35. The van der Waals surface area contributed by atoms with Gasteiger partial charge in [0, 0.05) is 30.9 Å². The molecule has 1 aliphatic rings. The van der Waals surface area contributed by atoms with Gasteiger partial charge in [0.15, 0.2) is 0 Å². The Bertz CT molecular complexity index is 549. The first kappa shape index (κ1) is 13.0. The molecule has 2 nitrogen and oxygen atoms in total. The molecule has 0 amide bonds. The Kier molecular flexibility index (Phi) is 3.77. The molecule has 1 N–H and O–H groups in total. The standard InChI is InChI=1S/C14H16F2N2S/c15-14(16)13(18-7-5-17-6-8-18)11-9-19-12-4-2-1-3-10(11)12/h1-4,9,13-14,17H,5-8H2/t13-/m0/s1. The molecule has 1 aromatic carbocycles. The third kappa shape index (κ3) is 2.50. The van der Waals surface area contributed by atoms with Gasteiger partial charge in [0.1, 0.15) is 0 Å². The quantitative estimate of drug-likeness (QED) is 0.930. The summed E-state index contributed by atoms with van der Waals surface area (Å²) in [5.74, 6) is 0. The number of piperazine rings is 1. The molecular weight excluding hydrogens is 266 g/mol. The first-order valence-corrected chi connectivity index (χ1v) is 7.34. The molecule has 5 heteroatoms. The molecule has 1 atom stereocenters. The zero-order chi connectivity index (χ0) is 13.2. The van der Waals surface area contributed by atoms with Crippen molar-refractivity contribution >= 4 is 21.4 Å². The summed E-state index contributed by atoms with van der Waals surface area (Å²) in [6, 6.07) is 7.02. The monoisotopic (exact) mass is 282 g/mol. The van der Waals surface area contributed by atoms with Gasteiger partial charge in [-0.2, -0.15) is 0 Å². The predicted molar refractivity (Wildman–Crippen MR) is 75.0 cm³/mol. The highest BCUT2D eigenvalue weighted by Crippen LogP contribution is 2.36. The van der Waals surface area contributed by atoms with Crippen LogP contribution in [0.5, 0.6) is 0 Å². The van der Waals surface area contributed by atoms with Gasteiger partial charge in [0.2, 0.25) is 0 Å². The molecule has 0 radical (unpaired) electrons. The second-order valence-electron chi connectivity index (χ2n) is 4.75. The van der Waals surface area contributed by atoms with Gasteiger partial charge in [0.05, 0.1) is 6.04 Å². The van der Waals surface area contributed by atoms with Crippen LogP contribution < -0.4 is 5.32 Å². The number of nitrogens with zero attached hydrogens (tertiary/aromatic N) is 1. The molecule has 102 valence electrons. The van der Waals surface area contributed by atoms with Gasteiger partial charge in [-0.3, -0.25) is 4.90 Å². The molecule has 1 aliphatic heterocycles. The summed E-state index contributed by atoms with van der Waals surface area (Å²) < 4.78 is 28.1. The van der Waals surface area contributed by atoms with Gasteiger partial charge in [-0.05, 0) is 22.4 Å². The van der Waals surface area contributed by atoms with Crippen LogP contribution in [0.3, 0.4) is 0 Å². The van der Waals surface area contributed by atoms with Crippen LogP contribution in [-0.4, -0.2) is 37.5 Å². The van der Waals surface area contributed by atoms with Crippen molar-refractivity contribution in [3.8, 4) is 0 Å². The van der Waals surface area contributed by atoms with E-state index in [0.717, 1.165) is 28.7 Å². The van der Waals surface area contributed by atoms with Crippen LogP contribution in [0.4, 0.5) is 8.78 Å². The number of hydrogen-bond acceptors (Lipinski definition) is 3. The molecule has 0 unspecified atom stereocenters. The lowest BCUT2D eigenvalue weighted by Gasteiger charge is -2.34. The Morgan fingerprint density at radius 1 is 1.16 bits per heavy atom. The van der Waals surface area contributed by atoms with E-state index in [4.69, 9.17) is 0 Å². The highest BCUT2D eigenvalue weighted by Gasteiger charge is 2.31. The van der Waals surface area contributed by atoms with Crippen molar-refractivity contribution in [2.45, 2.75) is 12.5 Å². The van der Waals surface area contributed by atoms with Gasteiger partial charge >= 0.3 is 0 Å². The summed E-state index contributed by atoms with van der Waals surface area (Å²) in [6.07, 6.45) is -2.35. The van der Waals surface area contributed by atoms with Gasteiger partial charge in [0.25, 0.3) is 6.43 Å². The predicted octanol–water partition coefficient (Wildman–Crippen LogP) is 3.11. The first-order valence-electron chi connectivity index (χ1n) is 6.46. The number of thiophene rings is 1. The molecule has 0 bridgehead atoms. The molecule has 1 fully saturated rings. The fourth-order valence-corrected chi connectivity index (χ4v) is 3.67. The maximum Gasteiger partial charge on any atom is 0.258 e. The van der Waals surface area contributed by atoms with Crippen molar-refractivity contribution in [3.63, 3.8) is 0 Å². The number of rotatable bonds is 3. The Morgan fingerprint density at radius 3 is 2.63 bits per heavy atom. The van der Waals surface area contributed by atoms with E-state index in [-0.39, 0.29) is 0 Å². The Labute approximate surface area is 115 Å². The summed E-state index contributed by atoms with van der Waals surface area (Å²) in [5.41, 5.74) is 0.775. The SMILES string of the molecule is FC(F)[C@H](c1csc2ccccc12)N1CCNCC1. The highest BCUT2D eigenvalue weighted by molar-refractivity contribution is 7.17. The van der Waals surface area contributed by atoms with Gasteiger partial charge < -0.3 is 5.32 Å². The number of hydrogen-bond donors (Lipinski definition) is 1. The number of fused-ring (bicyclic) bond motifs is 1. The van der Waals surface area contributed by atoms with E-state index in [1.165, 1.54) is 0 Å². The van der Waals surface area contributed by atoms with Crippen LogP contribution in [0.25, 0.3) is 10.1 Å². The molecule has 0 spiro atoms. The van der Waals surface area contributed by atoms with E-state index >= 15 is 0 Å². The number of halogens is 2. The Balaban J connectivity index is 1.99. The summed E-state index contributed by atoms with van der Waals surface area (Å²) in [4.78, 5) is 1.90. The summed E-state index contributed by atoms with van der Waals surface area (Å²) in [6.45, 7) is 2.93. The molecule has 0 saturated carbocycles. The average Bonchev–Trinajstić information content (AvgIpc) is 2.84. The zero-order valence-electron chi connectivity index (χ0n) is 10.5. The number of benzene rings is 1. The second-order valence-corrected chi connectivity index (χ2v) is 5.66. The van der Waals surface area contributed by atoms with Crippen molar-refractivity contribution < 1.29 is 8.78 Å². The Morgan fingerprint density at radius 2 is 1.89 bits per heavy atom. The third-order valence-corrected chi connectivity index (χ3v) is 4.59. The lowest BCUT2D eigenvalue weighted by molar-refractivity contribution is 0.0191. The Hall–Kier alpha value is -1.04. The molecule has 3 rings (SSSR count). The minimum Gasteiger partial charge on any atom is -0.314 e. The third-order valence-electron chi connectivity index (χ3n) is 3.61. The van der Waals surface area contributed by atoms with Gasteiger partial charge in [-0.1, -0.05) is 18.2 Å². The average molecular weight is 282 g/mol. The summed E-state index contributed by atoms with van der Waals surface area (Å²) >= 11 is 1.55. The number of nitrogens with one attached hydrogen (secondary N) is 1. The van der Waals surface area contributed by atoms with E-state index in [1.807, 2.05) is 34.5 Å². The molecule has 1 aromatic heterocycles. The second kappa shape index (κ2) is 5.53. The maximum atomic E-state index is 13.5. The maximum absolute atomic E-state index is 13.5. The number of alkyl halides is 2. The normalized spacial score (nSPS) is 19.1. The minimum absolute atomic E-state index is 0.680. The van der Waals surface area contributed by atoms with Gasteiger partial charge in [-0.25, -0.2) is 8.78 Å². The van der Waals surface area contributed by atoms with Crippen molar-refractivity contribution in [1.82, 2.24) is 10.2 Å². The topological polar surface area (TPSA) is 15.3 Å². The molecular formula is C14H16F2N2S. The van der Waals surface area contributed by atoms with E-state index in [2.05, 4.69) is 5.32 Å². The van der Waals surface area contributed by atoms with Crippen LogP contribution in [0.15, 0.2) is 29.6 Å². The zero-order valence-corrected chi connectivity index (χ0v) is 11.3. The van der Waals surface area contributed by atoms with Crippen LogP contribution in [-0.2, 0) is 0 Å². The van der Waals surface area contributed by atoms with E-state index in [9.17, 15) is 8.78 Å². The fourth-order valence-electron chi connectivity index (χ4n) is 2.68. The lowest BCUT2D eigenvalue weighted by atomic mass is 10.0. The van der Waals surface area contributed by atoms with Crippen molar-refractivity contribution in [2.24, 2.45) is 0 Å². The van der Waals surface area contributed by atoms with Gasteiger partial charge in [-0.15, -0.1) is 11.3 Å². The molecule has 19 heavy (non-hydrogen) atoms. The van der Waals surface area contributed by atoms with Crippen LogP contribution in [0, 0.1) is 0 Å². The molecule has 2 aromatic rings. The molecule has 1 saturated heterocycles. The first-order chi connectivity index (χ1) is 9.27. The van der Waals surface area contributed by atoms with Crippen molar-refractivity contribution in [3.05, 3.63) is 35.2 Å². The van der Waals surface area contributed by atoms with Crippen LogP contribution >= 0.6 is 11.3 Å². The van der Waals surface area contributed by atoms with E-state index < -0.39 is 12.5 Å².